The number of carbonyl (C=O) groups excluding carboxylic acids is 1. The molecule has 1 atom stereocenters. The Morgan fingerprint density at radius 1 is 1.43 bits per heavy atom. The molecule has 116 valence electrons. The molecule has 3 N–H and O–H groups in total. The van der Waals surface area contributed by atoms with E-state index in [1.165, 1.54) is 12.8 Å². The SMILES string of the molecule is CC(O)CCNC(=O)Nc1ccc(N2CCCC2)c(Cl)c1. The number of nitrogens with one attached hydrogen (secondary N) is 2. The van der Waals surface area contributed by atoms with Gasteiger partial charge in [-0.15, -0.1) is 0 Å². The van der Waals surface area contributed by atoms with E-state index >= 15 is 0 Å². The third-order valence-electron chi connectivity index (χ3n) is 3.50. The highest BCUT2D eigenvalue weighted by Gasteiger charge is 2.15. The van der Waals surface area contributed by atoms with Crippen molar-refractivity contribution in [2.45, 2.75) is 32.3 Å². The first kappa shape index (κ1) is 15.9. The molecule has 0 saturated carbocycles. The van der Waals surface area contributed by atoms with Gasteiger partial charge in [-0.05, 0) is 44.4 Å². The van der Waals surface area contributed by atoms with Crippen LogP contribution in [0.25, 0.3) is 0 Å². The summed E-state index contributed by atoms with van der Waals surface area (Å²) >= 11 is 6.29. The molecule has 0 radical (unpaired) electrons. The molecule has 1 unspecified atom stereocenters. The van der Waals surface area contributed by atoms with Crippen LogP contribution in [-0.2, 0) is 0 Å². The van der Waals surface area contributed by atoms with E-state index in [1.54, 1.807) is 13.0 Å². The van der Waals surface area contributed by atoms with Gasteiger partial charge in [0.05, 0.1) is 16.8 Å². The van der Waals surface area contributed by atoms with E-state index in [1.807, 2.05) is 12.1 Å². The Bertz CT molecular complexity index is 488. The predicted octanol–water partition coefficient (Wildman–Crippen LogP) is 2.83. The van der Waals surface area contributed by atoms with Crippen LogP contribution in [0.2, 0.25) is 5.02 Å². The summed E-state index contributed by atoms with van der Waals surface area (Å²) < 4.78 is 0. The van der Waals surface area contributed by atoms with Crippen molar-refractivity contribution in [1.29, 1.82) is 0 Å². The van der Waals surface area contributed by atoms with Gasteiger partial charge in [-0.1, -0.05) is 11.6 Å². The van der Waals surface area contributed by atoms with Crippen LogP contribution in [0.5, 0.6) is 0 Å². The summed E-state index contributed by atoms with van der Waals surface area (Å²) in [5.74, 6) is 0. The Kier molecular flexibility index (Phi) is 5.70. The maximum Gasteiger partial charge on any atom is 0.319 e. The van der Waals surface area contributed by atoms with Gasteiger partial charge in [0.25, 0.3) is 0 Å². The number of nitrogens with zero attached hydrogens (tertiary/aromatic N) is 1. The van der Waals surface area contributed by atoms with E-state index in [-0.39, 0.29) is 6.03 Å². The Morgan fingerprint density at radius 2 is 2.14 bits per heavy atom. The van der Waals surface area contributed by atoms with Gasteiger partial charge in [0.15, 0.2) is 0 Å². The lowest BCUT2D eigenvalue weighted by Gasteiger charge is -2.19. The molecule has 0 spiro atoms. The summed E-state index contributed by atoms with van der Waals surface area (Å²) in [6.07, 6.45) is 2.51. The third kappa shape index (κ3) is 4.79. The topological polar surface area (TPSA) is 64.6 Å². The average Bonchev–Trinajstić information content (AvgIpc) is 2.92. The van der Waals surface area contributed by atoms with Crippen LogP contribution in [0.4, 0.5) is 16.2 Å². The van der Waals surface area contributed by atoms with Gasteiger partial charge < -0.3 is 20.6 Å². The zero-order valence-corrected chi connectivity index (χ0v) is 13.0. The van der Waals surface area contributed by atoms with E-state index in [4.69, 9.17) is 16.7 Å². The van der Waals surface area contributed by atoms with Crippen LogP contribution < -0.4 is 15.5 Å². The van der Waals surface area contributed by atoms with Gasteiger partial charge in [0.2, 0.25) is 0 Å². The van der Waals surface area contributed by atoms with Crippen molar-refractivity contribution in [2.24, 2.45) is 0 Å². The molecule has 2 rings (SSSR count). The highest BCUT2D eigenvalue weighted by molar-refractivity contribution is 6.33. The number of urea groups is 1. The normalized spacial score (nSPS) is 15.9. The van der Waals surface area contributed by atoms with Crippen molar-refractivity contribution in [3.05, 3.63) is 23.2 Å². The fraction of sp³-hybridized carbons (Fsp3) is 0.533. The van der Waals surface area contributed by atoms with Crippen molar-refractivity contribution in [1.82, 2.24) is 5.32 Å². The lowest BCUT2D eigenvalue weighted by molar-refractivity contribution is 0.184. The molecule has 2 amide bonds. The Hall–Kier alpha value is -1.46. The molecule has 1 fully saturated rings. The molecule has 1 saturated heterocycles. The van der Waals surface area contributed by atoms with Gasteiger partial charge in [-0.2, -0.15) is 0 Å². The zero-order chi connectivity index (χ0) is 15.2. The van der Waals surface area contributed by atoms with Crippen LogP contribution >= 0.6 is 11.6 Å². The van der Waals surface area contributed by atoms with Crippen molar-refractivity contribution >= 4 is 29.0 Å². The molecule has 1 aromatic rings. The van der Waals surface area contributed by atoms with E-state index in [0.717, 1.165) is 18.8 Å². The fourth-order valence-corrected chi connectivity index (χ4v) is 2.67. The Labute approximate surface area is 130 Å². The average molecular weight is 312 g/mol. The number of anilines is 2. The number of halogens is 1. The van der Waals surface area contributed by atoms with Gasteiger partial charge in [-0.3, -0.25) is 0 Å². The van der Waals surface area contributed by atoms with Gasteiger partial charge >= 0.3 is 6.03 Å². The molecule has 0 bridgehead atoms. The molecule has 1 aliphatic heterocycles. The van der Waals surface area contributed by atoms with Crippen LogP contribution in [0.3, 0.4) is 0 Å². The number of rotatable bonds is 5. The quantitative estimate of drug-likeness (QED) is 0.783. The molecule has 0 aromatic heterocycles. The first-order chi connectivity index (χ1) is 10.1. The Balaban J connectivity index is 1.89. The van der Waals surface area contributed by atoms with Crippen LogP contribution in [0, 0.1) is 0 Å². The van der Waals surface area contributed by atoms with Gasteiger partial charge in [-0.25, -0.2) is 4.79 Å². The number of hydrogen-bond donors (Lipinski definition) is 3. The second-order valence-corrected chi connectivity index (χ2v) is 5.79. The van der Waals surface area contributed by atoms with Crippen LogP contribution in [0.1, 0.15) is 26.2 Å². The number of aliphatic hydroxyl groups excluding tert-OH is 1. The molecular weight excluding hydrogens is 290 g/mol. The molecular formula is C15H22ClN3O2. The largest absolute Gasteiger partial charge is 0.393 e. The molecule has 1 aromatic carbocycles. The zero-order valence-electron chi connectivity index (χ0n) is 12.2. The van der Waals surface area contributed by atoms with Gasteiger partial charge in [0.1, 0.15) is 0 Å². The van der Waals surface area contributed by atoms with E-state index < -0.39 is 6.10 Å². The first-order valence-electron chi connectivity index (χ1n) is 7.33. The summed E-state index contributed by atoms with van der Waals surface area (Å²) in [5.41, 5.74) is 1.69. The minimum atomic E-state index is -0.417. The molecule has 1 aliphatic rings. The van der Waals surface area contributed by atoms with E-state index in [0.29, 0.717) is 23.7 Å². The van der Waals surface area contributed by atoms with Crippen LogP contribution in [-0.4, -0.2) is 36.9 Å². The van der Waals surface area contributed by atoms with Crippen LogP contribution in [0.15, 0.2) is 18.2 Å². The summed E-state index contributed by atoms with van der Waals surface area (Å²) in [4.78, 5) is 13.9. The van der Waals surface area contributed by atoms with E-state index in [9.17, 15) is 4.79 Å². The number of benzene rings is 1. The fourth-order valence-electron chi connectivity index (χ4n) is 2.37. The van der Waals surface area contributed by atoms with Gasteiger partial charge in [0, 0.05) is 25.3 Å². The van der Waals surface area contributed by atoms with Crippen molar-refractivity contribution < 1.29 is 9.90 Å². The second kappa shape index (κ2) is 7.52. The number of amides is 2. The predicted molar refractivity (Wildman–Crippen MR) is 86.2 cm³/mol. The van der Waals surface area contributed by atoms with Crippen molar-refractivity contribution in [3.8, 4) is 0 Å². The summed E-state index contributed by atoms with van der Waals surface area (Å²) in [6.45, 7) is 4.19. The monoisotopic (exact) mass is 311 g/mol. The lowest BCUT2D eigenvalue weighted by Crippen LogP contribution is -2.30. The number of hydrogen-bond acceptors (Lipinski definition) is 3. The lowest BCUT2D eigenvalue weighted by atomic mass is 10.2. The van der Waals surface area contributed by atoms with Crippen molar-refractivity contribution in [2.75, 3.05) is 29.9 Å². The molecule has 0 aliphatic carbocycles. The maximum atomic E-state index is 11.7. The Morgan fingerprint density at radius 3 is 2.76 bits per heavy atom. The summed E-state index contributed by atoms with van der Waals surface area (Å²) in [7, 11) is 0. The number of aliphatic hydroxyl groups is 1. The molecule has 6 heteroatoms. The van der Waals surface area contributed by atoms with Crippen molar-refractivity contribution in [3.63, 3.8) is 0 Å². The highest BCUT2D eigenvalue weighted by atomic mass is 35.5. The molecule has 21 heavy (non-hydrogen) atoms. The summed E-state index contributed by atoms with van der Waals surface area (Å²) in [6, 6.07) is 5.27. The minimum absolute atomic E-state index is 0.291. The third-order valence-corrected chi connectivity index (χ3v) is 3.80. The molecule has 5 nitrogen and oxygen atoms in total. The summed E-state index contributed by atoms with van der Waals surface area (Å²) in [5, 5.41) is 15.2. The highest BCUT2D eigenvalue weighted by Crippen LogP contribution is 2.31. The number of carbonyl (C=O) groups is 1. The maximum absolute atomic E-state index is 11.7. The second-order valence-electron chi connectivity index (χ2n) is 5.38. The first-order valence-corrected chi connectivity index (χ1v) is 7.71. The smallest absolute Gasteiger partial charge is 0.319 e. The standard InChI is InChI=1S/C15H22ClN3O2/c1-11(20)6-7-17-15(21)18-12-4-5-14(13(16)10-12)19-8-2-3-9-19/h4-5,10-11,20H,2-3,6-9H2,1H3,(H2,17,18,21). The molecule has 1 heterocycles. The minimum Gasteiger partial charge on any atom is -0.393 e. The van der Waals surface area contributed by atoms with E-state index in [2.05, 4.69) is 15.5 Å².